The third kappa shape index (κ3) is 7.77. The maximum atomic E-state index is 13.3. The van der Waals surface area contributed by atoms with Crippen molar-refractivity contribution in [2.24, 2.45) is 5.73 Å². The lowest BCUT2D eigenvalue weighted by atomic mass is 10.2. The van der Waals surface area contributed by atoms with E-state index in [9.17, 15) is 27.6 Å². The summed E-state index contributed by atoms with van der Waals surface area (Å²) in [6, 6.07) is 8.93. The number of nitrogens with one attached hydrogen (secondary N) is 1. The minimum absolute atomic E-state index is 0.0151. The van der Waals surface area contributed by atoms with Crippen LogP contribution in [0.3, 0.4) is 0 Å². The van der Waals surface area contributed by atoms with Crippen LogP contribution in [-0.2, 0) is 16.0 Å². The van der Waals surface area contributed by atoms with Crippen LogP contribution in [0, 0.1) is 0 Å². The molecule has 13 nitrogen and oxygen atoms in total. The molecule has 0 unspecified atom stereocenters. The van der Waals surface area contributed by atoms with Gasteiger partial charge < -0.3 is 24.9 Å². The van der Waals surface area contributed by atoms with Crippen LogP contribution < -0.4 is 16.0 Å². The summed E-state index contributed by atoms with van der Waals surface area (Å²) in [5.41, 5.74) is 6.31. The van der Waals surface area contributed by atoms with Gasteiger partial charge >= 0.3 is 18.2 Å². The Labute approximate surface area is 248 Å². The van der Waals surface area contributed by atoms with Crippen molar-refractivity contribution in [1.29, 1.82) is 0 Å². The minimum Gasteiger partial charge on any atom is -0.465 e. The number of nitrogens with zero attached hydrogens (tertiary/aromatic N) is 5. The van der Waals surface area contributed by atoms with Crippen molar-refractivity contribution in [3.63, 3.8) is 0 Å². The highest BCUT2D eigenvalue weighted by Gasteiger charge is 2.36. The number of pyridine rings is 1. The minimum atomic E-state index is -4.74. The molecule has 4 aromatic rings. The van der Waals surface area contributed by atoms with E-state index in [1.807, 2.05) is 0 Å². The Bertz CT molecular complexity index is 1660. The van der Waals surface area contributed by atoms with Crippen LogP contribution in [0.5, 0.6) is 0 Å². The van der Waals surface area contributed by atoms with E-state index in [1.54, 1.807) is 24.3 Å². The van der Waals surface area contributed by atoms with Gasteiger partial charge in [0, 0.05) is 18.3 Å². The lowest BCUT2D eigenvalue weighted by Crippen LogP contribution is -2.42. The van der Waals surface area contributed by atoms with Gasteiger partial charge in [-0.15, -0.1) is 0 Å². The summed E-state index contributed by atoms with van der Waals surface area (Å²) >= 11 is 0. The summed E-state index contributed by atoms with van der Waals surface area (Å²) < 4.78 is 56.6. The molecule has 2 amide bonds. The average molecular weight is 616 g/mol. The molecule has 16 heteroatoms. The van der Waals surface area contributed by atoms with Crippen LogP contribution >= 0.6 is 0 Å². The van der Waals surface area contributed by atoms with Crippen molar-refractivity contribution in [3.8, 4) is 17.1 Å². The fourth-order valence-corrected chi connectivity index (χ4v) is 3.80. The number of rotatable bonds is 8. The highest BCUT2D eigenvalue weighted by molar-refractivity contribution is 6.03. The Morgan fingerprint density at radius 3 is 2.43 bits per heavy atom. The van der Waals surface area contributed by atoms with Crippen LogP contribution in [0.4, 0.5) is 29.5 Å². The normalized spacial score (nSPS) is 11.6. The number of hydrogen-bond donors (Lipinski definition) is 2. The van der Waals surface area contributed by atoms with E-state index in [0.717, 1.165) is 12.3 Å². The first kappa shape index (κ1) is 31.7. The summed E-state index contributed by atoms with van der Waals surface area (Å²) in [6.45, 7) is 2.89. The first-order valence-electron chi connectivity index (χ1n) is 13.0. The van der Waals surface area contributed by atoms with E-state index in [4.69, 9.17) is 19.6 Å². The number of aromatic nitrogens is 4. The molecule has 0 aliphatic rings. The van der Waals surface area contributed by atoms with Crippen molar-refractivity contribution in [3.05, 3.63) is 72.0 Å². The number of methoxy groups -OCH3 is 1. The molecular weight excluding hydrogens is 587 g/mol. The molecule has 3 N–H and O–H groups in total. The highest BCUT2D eigenvalue weighted by atomic mass is 19.4. The number of carbonyl (C=O) groups excluding carboxylic acids is 3. The summed E-state index contributed by atoms with van der Waals surface area (Å²) in [6.07, 6.45) is -2.24. The maximum Gasteiger partial charge on any atom is 0.416 e. The molecule has 0 radical (unpaired) electrons. The van der Waals surface area contributed by atoms with Gasteiger partial charge in [-0.1, -0.05) is 0 Å². The third-order valence-corrected chi connectivity index (χ3v) is 5.74. The zero-order valence-corrected chi connectivity index (χ0v) is 24.0. The standard InChI is InChI=1S/C28H28F3N7O6/c1-27(2,3)44-26(41)37(15-28(29,30)31)22-11-17(9-10-33-22)24-35-21(14-43-24)23(39)34-20-13-38(36-19(20)12-32)18-7-5-16(6-8-18)25(40)42-4/h5-11,13-14H,12,15,32H2,1-4H3,(H,34,39). The Balaban J connectivity index is 1.54. The van der Waals surface area contributed by atoms with E-state index >= 15 is 0 Å². The number of halogens is 3. The second kappa shape index (κ2) is 12.5. The van der Waals surface area contributed by atoms with Crippen molar-refractivity contribution >= 4 is 29.5 Å². The average Bonchev–Trinajstić information content (AvgIpc) is 3.62. The van der Waals surface area contributed by atoms with Crippen LogP contribution in [0.2, 0.25) is 0 Å². The zero-order valence-electron chi connectivity index (χ0n) is 24.0. The molecule has 3 aromatic heterocycles. The Morgan fingerprint density at radius 1 is 1.11 bits per heavy atom. The topological polar surface area (TPSA) is 168 Å². The highest BCUT2D eigenvalue weighted by Crippen LogP contribution is 2.27. The quantitative estimate of drug-likeness (QED) is 0.265. The lowest BCUT2D eigenvalue weighted by Gasteiger charge is -2.27. The number of benzene rings is 1. The predicted octanol–water partition coefficient (Wildman–Crippen LogP) is 4.72. The second-order valence-corrected chi connectivity index (χ2v) is 10.3. The molecule has 0 aliphatic carbocycles. The largest absolute Gasteiger partial charge is 0.465 e. The summed E-state index contributed by atoms with van der Waals surface area (Å²) in [4.78, 5) is 45.7. The number of carbonyl (C=O) groups is 3. The van der Waals surface area contributed by atoms with Crippen LogP contribution in [0.25, 0.3) is 17.1 Å². The molecule has 1 aromatic carbocycles. The first-order chi connectivity index (χ1) is 20.7. The van der Waals surface area contributed by atoms with Gasteiger partial charge in [0.15, 0.2) is 5.69 Å². The summed E-state index contributed by atoms with van der Waals surface area (Å²) in [7, 11) is 1.27. The smallest absolute Gasteiger partial charge is 0.416 e. The summed E-state index contributed by atoms with van der Waals surface area (Å²) in [5.74, 6) is -1.66. The molecule has 4 rings (SSSR count). The fraction of sp³-hybridized carbons (Fsp3) is 0.286. The van der Waals surface area contributed by atoms with Crippen molar-refractivity contribution in [2.75, 3.05) is 23.9 Å². The Hall–Kier alpha value is -5.25. The van der Waals surface area contributed by atoms with Crippen LogP contribution in [0.1, 0.15) is 47.3 Å². The molecular formula is C28H28F3N7O6. The van der Waals surface area contributed by atoms with Gasteiger partial charge in [-0.25, -0.2) is 24.2 Å². The number of alkyl halides is 3. The number of hydrogen-bond acceptors (Lipinski definition) is 10. The van der Waals surface area contributed by atoms with E-state index < -0.39 is 36.3 Å². The van der Waals surface area contributed by atoms with Crippen LogP contribution in [0.15, 0.2) is 59.5 Å². The van der Waals surface area contributed by atoms with E-state index in [2.05, 4.69) is 20.4 Å². The summed E-state index contributed by atoms with van der Waals surface area (Å²) in [5, 5.41) is 7.03. The lowest BCUT2D eigenvalue weighted by molar-refractivity contribution is -0.119. The van der Waals surface area contributed by atoms with Crippen LogP contribution in [-0.4, -0.2) is 63.2 Å². The van der Waals surface area contributed by atoms with Gasteiger partial charge in [-0.2, -0.15) is 18.3 Å². The van der Waals surface area contributed by atoms with E-state index in [-0.39, 0.29) is 35.2 Å². The Kier molecular flexibility index (Phi) is 9.03. The number of oxazole rings is 1. The van der Waals surface area contributed by atoms with Gasteiger partial charge in [0.2, 0.25) is 5.89 Å². The van der Waals surface area contributed by atoms with E-state index in [0.29, 0.717) is 21.8 Å². The van der Waals surface area contributed by atoms with Crippen molar-refractivity contribution in [2.45, 2.75) is 39.1 Å². The zero-order chi connectivity index (χ0) is 32.2. The number of ether oxygens (including phenoxy) is 2. The SMILES string of the molecule is COC(=O)c1ccc(-n2cc(NC(=O)c3coc(-c4ccnc(N(CC(F)(F)F)C(=O)OC(C)(C)C)c4)n3)c(CN)n2)cc1. The van der Waals surface area contributed by atoms with E-state index in [1.165, 1.54) is 51.0 Å². The molecule has 3 heterocycles. The number of nitrogens with two attached hydrogens (primary N) is 1. The molecule has 0 saturated heterocycles. The molecule has 0 fully saturated rings. The monoisotopic (exact) mass is 615 g/mol. The van der Waals surface area contributed by atoms with Gasteiger partial charge in [0.25, 0.3) is 5.91 Å². The van der Waals surface area contributed by atoms with Gasteiger partial charge in [-0.05, 0) is 57.2 Å². The van der Waals surface area contributed by atoms with Gasteiger partial charge in [0.05, 0.1) is 35.9 Å². The molecule has 0 bridgehead atoms. The molecule has 0 saturated carbocycles. The molecule has 0 spiro atoms. The molecule has 44 heavy (non-hydrogen) atoms. The molecule has 232 valence electrons. The molecule has 0 atom stereocenters. The van der Waals surface area contributed by atoms with Crippen molar-refractivity contribution in [1.82, 2.24) is 19.7 Å². The second-order valence-electron chi connectivity index (χ2n) is 10.3. The predicted molar refractivity (Wildman–Crippen MR) is 150 cm³/mol. The molecule has 0 aliphatic heterocycles. The third-order valence-electron chi connectivity index (χ3n) is 5.74. The first-order valence-corrected chi connectivity index (χ1v) is 13.0. The Morgan fingerprint density at radius 2 is 1.82 bits per heavy atom. The van der Waals surface area contributed by atoms with Gasteiger partial charge in [0.1, 0.15) is 24.2 Å². The van der Waals surface area contributed by atoms with Gasteiger partial charge in [-0.3, -0.25) is 9.69 Å². The number of amides is 2. The number of anilines is 2. The van der Waals surface area contributed by atoms with Crippen molar-refractivity contribution < 1.29 is 41.4 Å². The fourth-order valence-electron chi connectivity index (χ4n) is 3.80. The number of esters is 1. The maximum absolute atomic E-state index is 13.3.